The van der Waals surface area contributed by atoms with Gasteiger partial charge in [0.1, 0.15) is 6.20 Å². The molecule has 174 valence electrons. The summed E-state index contributed by atoms with van der Waals surface area (Å²) in [5.74, 6) is -2.86. The third-order valence-electron chi connectivity index (χ3n) is 4.53. The van der Waals surface area contributed by atoms with E-state index in [9.17, 15) is 24.4 Å². The predicted octanol–water partition coefficient (Wildman–Crippen LogP) is -1.97. The molecule has 1 aliphatic rings. The Morgan fingerprint density at radius 1 is 1.03 bits per heavy atom. The number of carbonyl (C=O) groups is 4. The van der Waals surface area contributed by atoms with E-state index in [0.29, 0.717) is 32.5 Å². The second-order valence-electron chi connectivity index (χ2n) is 7.08. The summed E-state index contributed by atoms with van der Waals surface area (Å²) in [6, 6.07) is -0.258. The molecule has 1 fully saturated rings. The van der Waals surface area contributed by atoms with Gasteiger partial charge in [-0.05, 0) is 38.5 Å². The lowest BCUT2D eigenvalue weighted by Gasteiger charge is -2.30. The Bertz CT molecular complexity index is 668. The Balaban J connectivity index is 2.09. The summed E-state index contributed by atoms with van der Waals surface area (Å²) in [6.45, 7) is 1.49. The van der Waals surface area contributed by atoms with Crippen molar-refractivity contribution in [1.29, 1.82) is 0 Å². The number of unbranched alkanes of at least 4 members (excludes halogenated alkanes) is 2. The molecule has 1 saturated heterocycles. The van der Waals surface area contributed by atoms with E-state index in [4.69, 9.17) is 10.2 Å². The maximum Gasteiger partial charge on any atom is 0.333 e. The summed E-state index contributed by atoms with van der Waals surface area (Å²) in [5.41, 5.74) is 2.58. The molecule has 0 radical (unpaired) electrons. The van der Waals surface area contributed by atoms with Crippen LogP contribution in [0.1, 0.15) is 38.5 Å². The molecule has 3 atom stereocenters. The maximum atomic E-state index is 12.2. The van der Waals surface area contributed by atoms with E-state index in [0.717, 1.165) is 50.1 Å². The van der Waals surface area contributed by atoms with Crippen LogP contribution >= 0.6 is 0 Å². The number of aliphatic carboxylic acids is 2. The van der Waals surface area contributed by atoms with Crippen LogP contribution in [0.5, 0.6) is 0 Å². The summed E-state index contributed by atoms with van der Waals surface area (Å²) in [5, 5.41) is 36.6. The molecule has 12 heteroatoms. The molecule has 1 heterocycles. The van der Waals surface area contributed by atoms with Crippen LogP contribution in [-0.2, 0) is 19.2 Å². The lowest BCUT2D eigenvalue weighted by molar-refractivity contribution is -0.842. The topological polar surface area (TPSA) is 184 Å². The van der Waals surface area contributed by atoms with Gasteiger partial charge in [-0.3, -0.25) is 14.8 Å². The molecule has 0 aliphatic carbocycles. The second-order valence-corrected chi connectivity index (χ2v) is 7.08. The molecule has 7 N–H and O–H groups in total. The van der Waals surface area contributed by atoms with Gasteiger partial charge in [0.25, 0.3) is 0 Å². The fourth-order valence-electron chi connectivity index (χ4n) is 2.96. The Labute approximate surface area is 180 Å². The minimum absolute atomic E-state index is 0.0201. The van der Waals surface area contributed by atoms with Crippen LogP contribution in [0.4, 0.5) is 0 Å². The Hall–Kier alpha value is -2.80. The molecule has 3 unspecified atom stereocenters. The number of hydrogen-bond acceptors (Lipinski definition) is 7. The Morgan fingerprint density at radius 2 is 1.71 bits per heavy atom. The van der Waals surface area contributed by atoms with Gasteiger partial charge in [0.15, 0.2) is 0 Å². The first kappa shape index (κ1) is 26.2. The maximum absolute atomic E-state index is 12.2. The summed E-state index contributed by atoms with van der Waals surface area (Å²) in [6.07, 6.45) is 7.82. The van der Waals surface area contributed by atoms with Crippen molar-refractivity contribution in [1.82, 2.24) is 21.4 Å². The molecular weight excluding hydrogens is 410 g/mol. The zero-order valence-electron chi connectivity index (χ0n) is 17.3. The number of carboxylic acid groups (broad SMARTS) is 2. The summed E-state index contributed by atoms with van der Waals surface area (Å²) in [4.78, 5) is 44.2. The number of amides is 2. The fourth-order valence-corrected chi connectivity index (χ4v) is 2.96. The molecular formula is C19H31N5O7. The van der Waals surface area contributed by atoms with Gasteiger partial charge in [0, 0.05) is 37.8 Å². The zero-order valence-corrected chi connectivity index (χ0v) is 17.3. The summed E-state index contributed by atoms with van der Waals surface area (Å²) in [7, 11) is 0. The zero-order chi connectivity index (χ0) is 23.1. The van der Waals surface area contributed by atoms with Gasteiger partial charge in [-0.25, -0.2) is 9.59 Å². The van der Waals surface area contributed by atoms with Crippen LogP contribution in [0.2, 0.25) is 0 Å². The smallest absolute Gasteiger partial charge is 0.333 e. The van der Waals surface area contributed by atoms with E-state index in [-0.39, 0.29) is 18.0 Å². The van der Waals surface area contributed by atoms with Crippen molar-refractivity contribution in [2.45, 2.75) is 50.6 Å². The van der Waals surface area contributed by atoms with Crippen molar-refractivity contribution in [3.05, 3.63) is 29.6 Å². The molecule has 0 aromatic carbocycles. The predicted molar refractivity (Wildman–Crippen MR) is 110 cm³/mol. The summed E-state index contributed by atoms with van der Waals surface area (Å²) < 4.78 is 0. The van der Waals surface area contributed by atoms with Gasteiger partial charge < -0.3 is 31.4 Å². The van der Waals surface area contributed by atoms with E-state index < -0.39 is 23.0 Å². The van der Waals surface area contributed by atoms with Crippen LogP contribution < -0.4 is 26.5 Å². The van der Waals surface area contributed by atoms with E-state index in [1.165, 1.54) is 0 Å². The molecule has 2 amide bonds. The van der Waals surface area contributed by atoms with Crippen LogP contribution in [0.3, 0.4) is 0 Å². The number of carbonyl (C=O) groups excluding carboxylic acids is 2. The van der Waals surface area contributed by atoms with E-state index >= 15 is 0 Å². The number of quaternary nitrogens is 1. The standard InChI is InChI=1S/C19H31N5O7/c25-16(7-8-17(26)27)20-10-3-1-5-14-13-21-15(19(30)23-14)6-2-4-11-22-24(31)12-9-18(28)29/h7-9,12,14-15,21-22,24H,1-6,10-11,13H2,(H,20,25)(H,23,30)(H,26,27)(H,28,29)/b8-7+,12-9+. The van der Waals surface area contributed by atoms with E-state index in [2.05, 4.69) is 21.4 Å². The highest BCUT2D eigenvalue weighted by molar-refractivity contribution is 5.93. The van der Waals surface area contributed by atoms with Gasteiger partial charge in [0.2, 0.25) is 11.8 Å². The van der Waals surface area contributed by atoms with Crippen molar-refractivity contribution in [2.24, 2.45) is 0 Å². The molecule has 1 rings (SSSR count). The number of hydrogen-bond donors (Lipinski definition) is 7. The molecule has 0 aromatic heterocycles. The first-order chi connectivity index (χ1) is 14.8. The van der Waals surface area contributed by atoms with Gasteiger partial charge in [-0.2, -0.15) is 5.43 Å². The Kier molecular flexibility index (Phi) is 12.8. The highest BCUT2D eigenvalue weighted by atomic mass is 16.5. The highest BCUT2D eigenvalue weighted by Gasteiger charge is 2.26. The quantitative estimate of drug-likeness (QED) is 0.0860. The van der Waals surface area contributed by atoms with Gasteiger partial charge >= 0.3 is 11.9 Å². The molecule has 0 bridgehead atoms. The number of carboxylic acids is 2. The van der Waals surface area contributed by atoms with E-state index in [1.54, 1.807) is 0 Å². The number of hydroxylamine groups is 1. The first-order valence-corrected chi connectivity index (χ1v) is 10.2. The van der Waals surface area contributed by atoms with Gasteiger partial charge in [-0.1, -0.05) is 0 Å². The average molecular weight is 441 g/mol. The van der Waals surface area contributed by atoms with Crippen molar-refractivity contribution in [3.63, 3.8) is 0 Å². The van der Waals surface area contributed by atoms with Crippen LogP contribution in [0.25, 0.3) is 0 Å². The fraction of sp³-hybridized carbons (Fsp3) is 0.579. The lowest BCUT2D eigenvalue weighted by atomic mass is 10.0. The largest absolute Gasteiger partial charge is 0.608 e. The highest BCUT2D eigenvalue weighted by Crippen LogP contribution is 2.08. The molecule has 31 heavy (non-hydrogen) atoms. The molecule has 1 aliphatic heterocycles. The average Bonchev–Trinajstić information content (AvgIpc) is 2.71. The van der Waals surface area contributed by atoms with Crippen molar-refractivity contribution >= 4 is 23.8 Å². The lowest BCUT2D eigenvalue weighted by Crippen LogP contribution is -3.10. The van der Waals surface area contributed by atoms with Gasteiger partial charge in [-0.15, -0.1) is 0 Å². The minimum Gasteiger partial charge on any atom is -0.608 e. The first-order valence-electron chi connectivity index (χ1n) is 10.2. The third-order valence-corrected chi connectivity index (χ3v) is 4.53. The molecule has 0 spiro atoms. The van der Waals surface area contributed by atoms with Crippen LogP contribution in [-0.4, -0.2) is 65.7 Å². The SMILES string of the molecule is O=C(O)/C=C/C(=O)NCCCCC1CNC(CCCCN[NH+]([O-])/C=C/C(=O)O)C(=O)N1. The number of piperazine rings is 1. The van der Waals surface area contributed by atoms with Crippen LogP contribution in [0.15, 0.2) is 24.4 Å². The van der Waals surface area contributed by atoms with E-state index in [1.807, 2.05) is 0 Å². The van der Waals surface area contributed by atoms with Crippen LogP contribution in [0, 0.1) is 5.21 Å². The van der Waals surface area contributed by atoms with Crippen molar-refractivity contribution in [3.8, 4) is 0 Å². The Morgan fingerprint density at radius 3 is 2.39 bits per heavy atom. The minimum atomic E-state index is -1.18. The molecule has 0 aromatic rings. The van der Waals surface area contributed by atoms with Gasteiger partial charge in [0.05, 0.1) is 12.1 Å². The molecule has 12 nitrogen and oxygen atoms in total. The van der Waals surface area contributed by atoms with Crippen molar-refractivity contribution in [2.75, 3.05) is 19.6 Å². The number of nitrogens with one attached hydrogen (secondary N) is 5. The summed E-state index contributed by atoms with van der Waals surface area (Å²) >= 11 is 0. The normalized spacial score (nSPS) is 20.0. The molecule has 0 saturated carbocycles. The van der Waals surface area contributed by atoms with Crippen molar-refractivity contribution < 1.29 is 34.6 Å². The monoisotopic (exact) mass is 441 g/mol. The third kappa shape index (κ3) is 13.2. The second kappa shape index (κ2) is 15.1. The number of rotatable bonds is 15.